The molecule has 0 radical (unpaired) electrons. The monoisotopic (exact) mass is 313 g/mol. The lowest BCUT2D eigenvalue weighted by Crippen LogP contribution is -2.33. The lowest BCUT2D eigenvalue weighted by atomic mass is 10.1. The molecule has 120 valence electrons. The SMILES string of the molecule is N#Cc1c(OCCN2CCCCC2)nc(N)nc1-c1ccco1. The Balaban J connectivity index is 1.74. The van der Waals surface area contributed by atoms with Gasteiger partial charge in [-0.1, -0.05) is 6.42 Å². The van der Waals surface area contributed by atoms with Crippen molar-refractivity contribution >= 4 is 5.95 Å². The molecule has 1 aliphatic heterocycles. The summed E-state index contributed by atoms with van der Waals surface area (Å²) in [4.78, 5) is 10.5. The smallest absolute Gasteiger partial charge is 0.237 e. The van der Waals surface area contributed by atoms with E-state index in [9.17, 15) is 5.26 Å². The molecule has 2 aromatic heterocycles. The van der Waals surface area contributed by atoms with Crippen molar-refractivity contribution in [2.45, 2.75) is 19.3 Å². The molecule has 7 heteroatoms. The second-order valence-electron chi connectivity index (χ2n) is 5.45. The number of anilines is 1. The number of nitriles is 1. The summed E-state index contributed by atoms with van der Waals surface area (Å²) in [7, 11) is 0. The highest BCUT2D eigenvalue weighted by atomic mass is 16.5. The van der Waals surface area contributed by atoms with Crippen molar-refractivity contribution in [3.05, 3.63) is 24.0 Å². The van der Waals surface area contributed by atoms with Gasteiger partial charge in [0.2, 0.25) is 11.8 Å². The van der Waals surface area contributed by atoms with Crippen molar-refractivity contribution in [3.8, 4) is 23.4 Å². The molecule has 0 aromatic carbocycles. The van der Waals surface area contributed by atoms with Gasteiger partial charge in [-0.15, -0.1) is 0 Å². The van der Waals surface area contributed by atoms with Gasteiger partial charge in [-0.3, -0.25) is 4.90 Å². The van der Waals surface area contributed by atoms with Gasteiger partial charge in [-0.2, -0.15) is 10.2 Å². The van der Waals surface area contributed by atoms with Crippen molar-refractivity contribution in [2.75, 3.05) is 32.0 Å². The summed E-state index contributed by atoms with van der Waals surface area (Å²) in [5.41, 5.74) is 6.34. The van der Waals surface area contributed by atoms with E-state index in [1.165, 1.54) is 25.5 Å². The van der Waals surface area contributed by atoms with Crippen LogP contribution in [0.1, 0.15) is 24.8 Å². The summed E-state index contributed by atoms with van der Waals surface area (Å²) in [6, 6.07) is 5.54. The Bertz CT molecular complexity index is 687. The van der Waals surface area contributed by atoms with Crippen LogP contribution < -0.4 is 10.5 Å². The quantitative estimate of drug-likeness (QED) is 0.901. The van der Waals surface area contributed by atoms with E-state index in [1.807, 2.05) is 0 Å². The molecule has 0 bridgehead atoms. The van der Waals surface area contributed by atoms with Crippen LogP contribution in [0.5, 0.6) is 5.88 Å². The number of hydrogen-bond acceptors (Lipinski definition) is 7. The molecule has 2 aromatic rings. The first kappa shape index (κ1) is 15.3. The number of hydrogen-bond donors (Lipinski definition) is 1. The van der Waals surface area contributed by atoms with Crippen molar-refractivity contribution in [2.24, 2.45) is 0 Å². The molecule has 3 rings (SSSR count). The Morgan fingerprint density at radius 1 is 1.30 bits per heavy atom. The van der Waals surface area contributed by atoms with Gasteiger partial charge in [-0.05, 0) is 38.1 Å². The third kappa shape index (κ3) is 3.60. The van der Waals surface area contributed by atoms with Gasteiger partial charge in [0.25, 0.3) is 0 Å². The van der Waals surface area contributed by atoms with Crippen LogP contribution >= 0.6 is 0 Å². The zero-order valence-corrected chi connectivity index (χ0v) is 12.9. The van der Waals surface area contributed by atoms with Gasteiger partial charge >= 0.3 is 0 Å². The molecule has 0 atom stereocenters. The minimum Gasteiger partial charge on any atom is -0.475 e. The summed E-state index contributed by atoms with van der Waals surface area (Å²) in [5, 5.41) is 9.43. The average molecular weight is 313 g/mol. The van der Waals surface area contributed by atoms with Crippen LogP contribution in [0.15, 0.2) is 22.8 Å². The second kappa shape index (κ2) is 7.11. The Morgan fingerprint density at radius 2 is 2.13 bits per heavy atom. The maximum Gasteiger partial charge on any atom is 0.237 e. The molecular formula is C16H19N5O2. The molecule has 0 aliphatic carbocycles. The topological polar surface area (TPSA) is 101 Å². The Hall–Kier alpha value is -2.59. The van der Waals surface area contributed by atoms with Crippen LogP contribution in [0.2, 0.25) is 0 Å². The van der Waals surface area contributed by atoms with Gasteiger partial charge in [-0.25, -0.2) is 4.98 Å². The molecule has 0 unspecified atom stereocenters. The van der Waals surface area contributed by atoms with Crippen molar-refractivity contribution < 1.29 is 9.15 Å². The zero-order chi connectivity index (χ0) is 16.1. The highest BCUT2D eigenvalue weighted by molar-refractivity contribution is 5.65. The average Bonchev–Trinajstić information content (AvgIpc) is 3.10. The first-order valence-electron chi connectivity index (χ1n) is 7.74. The van der Waals surface area contributed by atoms with E-state index in [1.54, 1.807) is 12.1 Å². The van der Waals surface area contributed by atoms with E-state index in [2.05, 4.69) is 20.9 Å². The number of nitrogens with zero attached hydrogens (tertiary/aromatic N) is 4. The summed E-state index contributed by atoms with van der Waals surface area (Å²) in [6.45, 7) is 3.46. The van der Waals surface area contributed by atoms with E-state index in [0.29, 0.717) is 18.1 Å². The fourth-order valence-corrected chi connectivity index (χ4v) is 2.71. The maximum absolute atomic E-state index is 9.43. The number of piperidine rings is 1. The minimum atomic E-state index is 0.0587. The van der Waals surface area contributed by atoms with Crippen LogP contribution in [0.25, 0.3) is 11.5 Å². The molecule has 1 aliphatic rings. The van der Waals surface area contributed by atoms with Crippen molar-refractivity contribution in [3.63, 3.8) is 0 Å². The number of likely N-dealkylation sites (tertiary alicyclic amines) is 1. The lowest BCUT2D eigenvalue weighted by molar-refractivity contribution is 0.180. The Morgan fingerprint density at radius 3 is 2.83 bits per heavy atom. The molecule has 3 heterocycles. The highest BCUT2D eigenvalue weighted by Crippen LogP contribution is 2.28. The second-order valence-corrected chi connectivity index (χ2v) is 5.45. The van der Waals surface area contributed by atoms with Crippen LogP contribution in [0.4, 0.5) is 5.95 Å². The third-order valence-corrected chi connectivity index (χ3v) is 3.85. The molecule has 1 saturated heterocycles. The summed E-state index contributed by atoms with van der Waals surface area (Å²) in [6.07, 6.45) is 5.27. The number of furan rings is 1. The molecule has 0 spiro atoms. The molecule has 0 saturated carbocycles. The Kier molecular flexibility index (Phi) is 4.74. The molecule has 7 nitrogen and oxygen atoms in total. The molecule has 1 fully saturated rings. The normalized spacial score (nSPS) is 15.3. The van der Waals surface area contributed by atoms with Crippen LogP contribution in [0, 0.1) is 11.3 Å². The van der Waals surface area contributed by atoms with Gasteiger partial charge in [0.05, 0.1) is 6.26 Å². The molecular weight excluding hydrogens is 294 g/mol. The van der Waals surface area contributed by atoms with Crippen LogP contribution in [-0.2, 0) is 0 Å². The number of nitrogens with two attached hydrogens (primary N) is 1. The number of nitrogen functional groups attached to an aromatic ring is 1. The summed E-state index contributed by atoms with van der Waals surface area (Å²) >= 11 is 0. The van der Waals surface area contributed by atoms with Crippen molar-refractivity contribution in [1.82, 2.24) is 14.9 Å². The number of ether oxygens (including phenoxy) is 1. The molecule has 2 N–H and O–H groups in total. The van der Waals surface area contributed by atoms with Crippen LogP contribution in [-0.4, -0.2) is 41.1 Å². The van der Waals surface area contributed by atoms with Gasteiger partial charge in [0.1, 0.15) is 23.9 Å². The fourth-order valence-electron chi connectivity index (χ4n) is 2.71. The van der Waals surface area contributed by atoms with E-state index in [0.717, 1.165) is 19.6 Å². The standard InChI is InChI=1S/C16H19N5O2/c17-11-12-14(13-5-4-9-22-13)19-16(18)20-15(12)23-10-8-21-6-2-1-3-7-21/h4-5,9H,1-3,6-8,10H2,(H2,18,19,20). The van der Waals surface area contributed by atoms with E-state index in [-0.39, 0.29) is 17.4 Å². The zero-order valence-electron chi connectivity index (χ0n) is 12.9. The first-order chi connectivity index (χ1) is 11.3. The minimum absolute atomic E-state index is 0.0587. The van der Waals surface area contributed by atoms with Gasteiger partial charge in [0, 0.05) is 6.54 Å². The largest absolute Gasteiger partial charge is 0.475 e. The number of aromatic nitrogens is 2. The molecule has 23 heavy (non-hydrogen) atoms. The first-order valence-corrected chi connectivity index (χ1v) is 7.74. The van der Waals surface area contributed by atoms with E-state index < -0.39 is 0 Å². The van der Waals surface area contributed by atoms with E-state index >= 15 is 0 Å². The van der Waals surface area contributed by atoms with E-state index in [4.69, 9.17) is 14.9 Å². The highest BCUT2D eigenvalue weighted by Gasteiger charge is 2.18. The van der Waals surface area contributed by atoms with Crippen LogP contribution in [0.3, 0.4) is 0 Å². The summed E-state index contributed by atoms with van der Waals surface area (Å²) < 4.78 is 11.0. The van der Waals surface area contributed by atoms with Gasteiger partial charge < -0.3 is 14.9 Å². The summed E-state index contributed by atoms with van der Waals surface area (Å²) in [5.74, 6) is 0.739. The van der Waals surface area contributed by atoms with Crippen molar-refractivity contribution in [1.29, 1.82) is 5.26 Å². The predicted molar refractivity (Wildman–Crippen MR) is 84.6 cm³/mol. The number of rotatable bonds is 5. The molecule has 0 amide bonds. The lowest BCUT2D eigenvalue weighted by Gasteiger charge is -2.26. The third-order valence-electron chi connectivity index (χ3n) is 3.85. The maximum atomic E-state index is 9.43. The Labute approximate surface area is 134 Å². The fraction of sp³-hybridized carbons (Fsp3) is 0.438. The predicted octanol–water partition coefficient (Wildman–Crippen LogP) is 2.06. The van der Waals surface area contributed by atoms with Gasteiger partial charge in [0.15, 0.2) is 5.76 Å².